The minimum Gasteiger partial charge on any atom is -0.305 e. The monoisotopic (exact) mass is 293 g/mol. The highest BCUT2D eigenvalue weighted by molar-refractivity contribution is 5.22. The van der Waals surface area contributed by atoms with Crippen molar-refractivity contribution >= 4 is 0 Å². The van der Waals surface area contributed by atoms with E-state index in [4.69, 9.17) is 0 Å². The van der Waals surface area contributed by atoms with E-state index in [0.717, 1.165) is 5.56 Å². The first kappa shape index (κ1) is 15.6. The standard InChI is InChI=1S/C17H18F3N/c1-11(2)17(12-6-8-13(18)9-7-12)21-10-14-15(19)4-3-5-16(14)20/h3-9,11,17,21H,10H2,1-2H3. The van der Waals surface area contributed by atoms with Gasteiger partial charge in [0.1, 0.15) is 17.5 Å². The van der Waals surface area contributed by atoms with Crippen LogP contribution in [0.2, 0.25) is 0 Å². The molecule has 0 heterocycles. The molecule has 1 nitrogen and oxygen atoms in total. The number of rotatable bonds is 5. The summed E-state index contributed by atoms with van der Waals surface area (Å²) in [5, 5.41) is 3.15. The molecule has 0 amide bonds. The van der Waals surface area contributed by atoms with E-state index in [1.807, 2.05) is 13.8 Å². The number of hydrogen-bond donors (Lipinski definition) is 1. The van der Waals surface area contributed by atoms with Crippen molar-refractivity contribution in [2.24, 2.45) is 5.92 Å². The van der Waals surface area contributed by atoms with Crippen LogP contribution in [0.3, 0.4) is 0 Å². The fourth-order valence-electron chi connectivity index (χ4n) is 2.32. The molecule has 0 aromatic heterocycles. The normalized spacial score (nSPS) is 12.7. The fraction of sp³-hybridized carbons (Fsp3) is 0.294. The Kier molecular flexibility index (Phi) is 5.02. The zero-order chi connectivity index (χ0) is 15.4. The second kappa shape index (κ2) is 6.76. The van der Waals surface area contributed by atoms with Gasteiger partial charge < -0.3 is 5.32 Å². The van der Waals surface area contributed by atoms with Crippen LogP contribution in [0.4, 0.5) is 13.2 Å². The molecule has 0 aliphatic rings. The van der Waals surface area contributed by atoms with Gasteiger partial charge in [-0.1, -0.05) is 32.0 Å². The smallest absolute Gasteiger partial charge is 0.130 e. The molecule has 1 unspecified atom stereocenters. The summed E-state index contributed by atoms with van der Waals surface area (Å²) in [4.78, 5) is 0. The lowest BCUT2D eigenvalue weighted by Gasteiger charge is -2.23. The van der Waals surface area contributed by atoms with Crippen LogP contribution in [-0.4, -0.2) is 0 Å². The first-order chi connectivity index (χ1) is 9.99. The minimum absolute atomic E-state index is 0.0188. The van der Waals surface area contributed by atoms with Crippen LogP contribution in [0.15, 0.2) is 42.5 Å². The zero-order valence-electron chi connectivity index (χ0n) is 12.0. The quantitative estimate of drug-likeness (QED) is 0.850. The maximum atomic E-state index is 13.6. The van der Waals surface area contributed by atoms with E-state index in [-0.39, 0.29) is 29.9 Å². The Hall–Kier alpha value is -1.81. The van der Waals surface area contributed by atoms with Gasteiger partial charge in [-0.2, -0.15) is 0 Å². The molecule has 0 bridgehead atoms. The fourth-order valence-corrected chi connectivity index (χ4v) is 2.32. The maximum Gasteiger partial charge on any atom is 0.130 e. The third-order valence-electron chi connectivity index (χ3n) is 3.46. The van der Waals surface area contributed by atoms with Crippen molar-refractivity contribution in [3.05, 3.63) is 71.0 Å². The first-order valence-electron chi connectivity index (χ1n) is 6.90. The van der Waals surface area contributed by atoms with Gasteiger partial charge in [-0.3, -0.25) is 0 Å². The van der Waals surface area contributed by atoms with Gasteiger partial charge in [0.25, 0.3) is 0 Å². The van der Waals surface area contributed by atoms with Crippen LogP contribution in [-0.2, 0) is 6.54 Å². The first-order valence-corrected chi connectivity index (χ1v) is 6.90. The van der Waals surface area contributed by atoms with Gasteiger partial charge in [0.15, 0.2) is 0 Å². The number of halogens is 3. The van der Waals surface area contributed by atoms with Crippen molar-refractivity contribution < 1.29 is 13.2 Å². The molecular formula is C17H18F3N. The lowest BCUT2D eigenvalue weighted by atomic mass is 9.95. The number of hydrogen-bond acceptors (Lipinski definition) is 1. The van der Waals surface area contributed by atoms with Crippen LogP contribution >= 0.6 is 0 Å². The molecule has 2 rings (SSSR count). The lowest BCUT2D eigenvalue weighted by Crippen LogP contribution is -2.26. The maximum absolute atomic E-state index is 13.6. The molecule has 112 valence electrons. The molecule has 4 heteroatoms. The molecule has 0 saturated heterocycles. The average molecular weight is 293 g/mol. The second-order valence-corrected chi connectivity index (χ2v) is 5.35. The zero-order valence-corrected chi connectivity index (χ0v) is 12.0. The predicted molar refractivity (Wildman–Crippen MR) is 77.2 cm³/mol. The molecule has 1 N–H and O–H groups in total. The van der Waals surface area contributed by atoms with Crippen molar-refractivity contribution in [3.63, 3.8) is 0 Å². The highest BCUT2D eigenvalue weighted by Gasteiger charge is 2.17. The topological polar surface area (TPSA) is 12.0 Å². The van der Waals surface area contributed by atoms with E-state index >= 15 is 0 Å². The van der Waals surface area contributed by atoms with E-state index in [9.17, 15) is 13.2 Å². The molecule has 0 radical (unpaired) electrons. The van der Waals surface area contributed by atoms with Crippen molar-refractivity contribution in [1.29, 1.82) is 0 Å². The van der Waals surface area contributed by atoms with E-state index in [2.05, 4.69) is 5.32 Å². The highest BCUT2D eigenvalue weighted by atomic mass is 19.1. The molecule has 1 atom stereocenters. The summed E-state index contributed by atoms with van der Waals surface area (Å²) in [6, 6.07) is 9.85. The van der Waals surface area contributed by atoms with Crippen molar-refractivity contribution in [2.45, 2.75) is 26.4 Å². The van der Waals surface area contributed by atoms with Crippen LogP contribution in [0.1, 0.15) is 31.0 Å². The molecule has 0 spiro atoms. The Balaban J connectivity index is 2.16. The number of benzene rings is 2. The summed E-state index contributed by atoms with van der Waals surface area (Å²) in [5.41, 5.74) is 0.911. The number of nitrogens with one attached hydrogen (secondary N) is 1. The Morgan fingerprint density at radius 2 is 1.48 bits per heavy atom. The molecule has 2 aromatic rings. The van der Waals surface area contributed by atoms with Crippen LogP contribution in [0, 0.1) is 23.4 Å². The van der Waals surface area contributed by atoms with E-state index < -0.39 is 11.6 Å². The summed E-state index contributed by atoms with van der Waals surface area (Å²) >= 11 is 0. The summed E-state index contributed by atoms with van der Waals surface area (Å²) in [6.07, 6.45) is 0. The second-order valence-electron chi connectivity index (χ2n) is 5.35. The van der Waals surface area contributed by atoms with Crippen molar-refractivity contribution in [2.75, 3.05) is 0 Å². The third-order valence-corrected chi connectivity index (χ3v) is 3.46. The Morgan fingerprint density at radius 1 is 0.905 bits per heavy atom. The summed E-state index contributed by atoms with van der Waals surface area (Å²) in [5.74, 6) is -1.24. The van der Waals surface area contributed by atoms with Gasteiger partial charge in [0.05, 0.1) is 0 Å². The SMILES string of the molecule is CC(C)C(NCc1c(F)cccc1F)c1ccc(F)cc1. The largest absolute Gasteiger partial charge is 0.305 e. The highest BCUT2D eigenvalue weighted by Crippen LogP contribution is 2.23. The van der Waals surface area contributed by atoms with E-state index in [0.29, 0.717) is 0 Å². The van der Waals surface area contributed by atoms with Gasteiger partial charge in [0.2, 0.25) is 0 Å². The molecule has 21 heavy (non-hydrogen) atoms. The summed E-state index contributed by atoms with van der Waals surface area (Å²) in [6.45, 7) is 4.08. The van der Waals surface area contributed by atoms with Crippen LogP contribution in [0.5, 0.6) is 0 Å². The predicted octanol–water partition coefficient (Wildman–Crippen LogP) is 4.59. The van der Waals surface area contributed by atoms with Crippen molar-refractivity contribution in [1.82, 2.24) is 5.32 Å². The Labute approximate surface area is 122 Å². The molecular weight excluding hydrogens is 275 g/mol. The Morgan fingerprint density at radius 3 is 2.00 bits per heavy atom. The summed E-state index contributed by atoms with van der Waals surface area (Å²) in [7, 11) is 0. The van der Waals surface area contributed by atoms with Crippen molar-refractivity contribution in [3.8, 4) is 0 Å². The van der Waals surface area contributed by atoms with E-state index in [1.165, 1.54) is 30.3 Å². The van der Waals surface area contributed by atoms with Gasteiger partial charge in [-0.25, -0.2) is 13.2 Å². The lowest BCUT2D eigenvalue weighted by molar-refractivity contribution is 0.400. The van der Waals surface area contributed by atoms with Crippen LogP contribution in [0.25, 0.3) is 0 Å². The molecule has 0 fully saturated rings. The molecule has 0 aliphatic heterocycles. The molecule has 0 saturated carbocycles. The minimum atomic E-state index is -0.566. The van der Waals surface area contributed by atoms with Gasteiger partial charge in [-0.15, -0.1) is 0 Å². The van der Waals surface area contributed by atoms with Gasteiger partial charge in [-0.05, 0) is 35.7 Å². The summed E-state index contributed by atoms with van der Waals surface area (Å²) < 4.78 is 40.2. The van der Waals surface area contributed by atoms with Gasteiger partial charge in [0, 0.05) is 18.2 Å². The third kappa shape index (κ3) is 3.85. The average Bonchev–Trinajstić information content (AvgIpc) is 2.43. The molecule has 0 aliphatic carbocycles. The van der Waals surface area contributed by atoms with E-state index in [1.54, 1.807) is 12.1 Å². The van der Waals surface area contributed by atoms with Gasteiger partial charge >= 0.3 is 0 Å². The van der Waals surface area contributed by atoms with Crippen LogP contribution < -0.4 is 5.32 Å². The molecule has 2 aromatic carbocycles. The Bertz CT molecular complexity index is 573.